The van der Waals surface area contributed by atoms with Crippen molar-refractivity contribution >= 4 is 22.6 Å². The molecule has 2 aromatic rings. The van der Waals surface area contributed by atoms with Gasteiger partial charge in [-0.2, -0.15) is 0 Å². The molecule has 9 heteroatoms. The first-order valence-corrected chi connectivity index (χ1v) is 8.04. The zero-order valence-electron chi connectivity index (χ0n) is 14.1. The van der Waals surface area contributed by atoms with E-state index >= 15 is 0 Å². The average Bonchev–Trinajstić information content (AvgIpc) is 2.98. The molecule has 0 saturated carbocycles. The second kappa shape index (κ2) is 7.81. The van der Waals surface area contributed by atoms with Crippen molar-refractivity contribution in [1.82, 2.24) is 9.61 Å². The summed E-state index contributed by atoms with van der Waals surface area (Å²) in [5, 5.41) is 21.4. The molecule has 0 atom stereocenters. The summed E-state index contributed by atoms with van der Waals surface area (Å²) in [5.74, 6) is 0.686. The van der Waals surface area contributed by atoms with Crippen LogP contribution in [0.25, 0.3) is 5.52 Å². The highest BCUT2D eigenvalue weighted by atomic mass is 16.5. The van der Waals surface area contributed by atoms with Gasteiger partial charge in [0.2, 0.25) is 0 Å². The van der Waals surface area contributed by atoms with Crippen LogP contribution in [-0.2, 0) is 4.74 Å². The van der Waals surface area contributed by atoms with E-state index < -0.39 is 0 Å². The first-order valence-electron chi connectivity index (χ1n) is 8.04. The number of aliphatic imine (C=N–C) groups is 1. The summed E-state index contributed by atoms with van der Waals surface area (Å²) in [4.78, 5) is 4.56. The lowest BCUT2D eigenvalue weighted by Gasteiger charge is -2.15. The third-order valence-corrected chi connectivity index (χ3v) is 3.55. The molecule has 6 N–H and O–H groups in total. The largest absolute Gasteiger partial charge is 0.489 e. The van der Waals surface area contributed by atoms with Crippen LogP contribution in [0.15, 0.2) is 53.0 Å². The third-order valence-electron chi connectivity index (χ3n) is 3.55. The minimum atomic E-state index is -0.139. The Bertz CT molecular complexity index is 912. The zero-order chi connectivity index (χ0) is 18.5. The highest BCUT2D eigenvalue weighted by Gasteiger charge is 2.19. The number of fused-ring (bicyclic) bond motifs is 1. The number of aliphatic hydroxyl groups is 1. The van der Waals surface area contributed by atoms with Crippen molar-refractivity contribution in [2.24, 2.45) is 16.5 Å². The van der Waals surface area contributed by atoms with Gasteiger partial charge in [-0.1, -0.05) is 6.07 Å². The molecule has 0 spiro atoms. The van der Waals surface area contributed by atoms with Crippen molar-refractivity contribution in [3.8, 4) is 5.88 Å². The lowest BCUT2D eigenvalue weighted by Crippen LogP contribution is -2.20. The van der Waals surface area contributed by atoms with Gasteiger partial charge in [0.05, 0.1) is 29.2 Å². The van der Waals surface area contributed by atoms with Crippen molar-refractivity contribution < 1.29 is 14.6 Å². The van der Waals surface area contributed by atoms with Crippen LogP contribution in [0.1, 0.15) is 0 Å². The Morgan fingerprint density at radius 2 is 2.08 bits per heavy atom. The first kappa shape index (κ1) is 17.6. The molecule has 2 aromatic heterocycles. The Labute approximate surface area is 149 Å². The summed E-state index contributed by atoms with van der Waals surface area (Å²) in [7, 11) is 0. The van der Waals surface area contributed by atoms with Gasteiger partial charge in [-0.15, -0.1) is 5.10 Å². The molecule has 0 unspecified atom stereocenters. The fourth-order valence-corrected chi connectivity index (χ4v) is 2.40. The number of hydrogen-bond acceptors (Lipinski definition) is 8. The molecule has 0 fully saturated rings. The molecular formula is C17H20N6O3. The van der Waals surface area contributed by atoms with E-state index in [0.717, 1.165) is 5.52 Å². The fraction of sp³-hybridized carbons (Fsp3) is 0.235. The van der Waals surface area contributed by atoms with Crippen LogP contribution in [0.4, 0.5) is 5.69 Å². The maximum absolute atomic E-state index is 8.92. The van der Waals surface area contributed by atoms with E-state index in [0.29, 0.717) is 41.9 Å². The number of nitrogens with two attached hydrogens (primary N) is 2. The number of aromatic nitrogens is 2. The number of pyridine rings is 1. The van der Waals surface area contributed by atoms with E-state index in [1.807, 2.05) is 18.2 Å². The van der Waals surface area contributed by atoms with E-state index in [-0.39, 0.29) is 18.9 Å². The van der Waals surface area contributed by atoms with Crippen LogP contribution in [0.3, 0.4) is 0 Å². The van der Waals surface area contributed by atoms with Gasteiger partial charge in [-0.25, -0.2) is 9.51 Å². The Morgan fingerprint density at radius 3 is 2.85 bits per heavy atom. The minimum absolute atomic E-state index is 0.0998. The smallest absolute Gasteiger partial charge is 0.260 e. The molecule has 0 saturated heterocycles. The minimum Gasteiger partial charge on any atom is -0.489 e. The van der Waals surface area contributed by atoms with E-state index in [9.17, 15) is 0 Å². The van der Waals surface area contributed by atoms with Gasteiger partial charge in [-0.05, 0) is 18.2 Å². The Balaban J connectivity index is 2.05. The molecule has 3 rings (SSSR count). The van der Waals surface area contributed by atoms with Crippen molar-refractivity contribution in [3.63, 3.8) is 0 Å². The van der Waals surface area contributed by atoms with Crippen molar-refractivity contribution in [2.75, 3.05) is 26.4 Å². The number of allylic oxidation sites excluding steroid dienone is 2. The highest BCUT2D eigenvalue weighted by molar-refractivity contribution is 6.50. The van der Waals surface area contributed by atoms with Crippen LogP contribution < -0.4 is 16.2 Å². The van der Waals surface area contributed by atoms with Crippen LogP contribution in [0.2, 0.25) is 0 Å². The molecule has 0 aliphatic heterocycles. The van der Waals surface area contributed by atoms with Gasteiger partial charge < -0.3 is 26.0 Å². The van der Waals surface area contributed by atoms with Gasteiger partial charge in [-0.3, -0.25) is 5.41 Å². The molecule has 9 nitrogen and oxygen atoms in total. The number of nitrogens with one attached hydrogen (secondary N) is 1. The van der Waals surface area contributed by atoms with E-state index in [2.05, 4.69) is 10.1 Å². The van der Waals surface area contributed by atoms with Crippen molar-refractivity contribution in [3.05, 3.63) is 48.0 Å². The average molecular weight is 356 g/mol. The predicted octanol–water partition coefficient (Wildman–Crippen LogP) is 0.513. The molecule has 1 aliphatic carbocycles. The molecule has 1 aliphatic rings. The molecule has 0 amide bonds. The summed E-state index contributed by atoms with van der Waals surface area (Å²) in [6.45, 7) is 0.604. The van der Waals surface area contributed by atoms with Crippen molar-refractivity contribution in [1.29, 1.82) is 5.41 Å². The molecule has 0 radical (unpaired) electrons. The lowest BCUT2D eigenvalue weighted by atomic mass is 10.1. The topological polar surface area (TPSA) is 144 Å². The monoisotopic (exact) mass is 356 g/mol. The predicted molar refractivity (Wildman–Crippen MR) is 98.0 cm³/mol. The van der Waals surface area contributed by atoms with Crippen molar-refractivity contribution in [2.45, 2.75) is 0 Å². The van der Waals surface area contributed by atoms with Crippen LogP contribution in [0.5, 0.6) is 5.88 Å². The summed E-state index contributed by atoms with van der Waals surface area (Å²) in [6.07, 6.45) is 4.80. The van der Waals surface area contributed by atoms with Gasteiger partial charge in [0.1, 0.15) is 19.0 Å². The summed E-state index contributed by atoms with van der Waals surface area (Å²) >= 11 is 0. The normalized spacial score (nSPS) is 15.9. The molecule has 26 heavy (non-hydrogen) atoms. The van der Waals surface area contributed by atoms with Gasteiger partial charge in [0.25, 0.3) is 5.88 Å². The number of aliphatic hydroxyl groups excluding tert-OH is 1. The van der Waals surface area contributed by atoms with E-state index in [1.165, 1.54) is 6.08 Å². The van der Waals surface area contributed by atoms with Gasteiger partial charge in [0, 0.05) is 18.8 Å². The van der Waals surface area contributed by atoms with E-state index in [1.54, 1.807) is 16.8 Å². The summed E-state index contributed by atoms with van der Waals surface area (Å²) in [5.41, 5.74) is 13.4. The standard InChI is InChI=1S/C17H20N6O3/c18-4-7-26-17-16(14-3-1-2-5-23(14)22-17)21-13-10-15(25-8-6-24)12(20)9-11(13)19/h1-3,5,9-10,19,24H,4,6-8,18,20H2. The van der Waals surface area contributed by atoms with Gasteiger partial charge >= 0.3 is 0 Å². The number of hydrogen-bond donors (Lipinski definition) is 4. The maximum Gasteiger partial charge on any atom is 0.260 e. The Kier molecular flexibility index (Phi) is 5.30. The quantitative estimate of drug-likeness (QED) is 0.532. The highest BCUT2D eigenvalue weighted by Crippen LogP contribution is 2.32. The number of rotatable bonds is 7. The third kappa shape index (κ3) is 3.58. The second-order valence-corrected chi connectivity index (χ2v) is 5.41. The molecule has 2 heterocycles. The number of nitrogens with zero attached hydrogens (tertiary/aromatic N) is 3. The first-order chi connectivity index (χ1) is 12.6. The molecule has 0 aromatic carbocycles. The molecule has 136 valence electrons. The Morgan fingerprint density at radius 1 is 1.23 bits per heavy atom. The van der Waals surface area contributed by atoms with Crippen LogP contribution >= 0.6 is 0 Å². The maximum atomic E-state index is 8.92. The van der Waals surface area contributed by atoms with Crippen LogP contribution in [-0.4, -0.2) is 52.5 Å². The molecular weight excluding hydrogens is 336 g/mol. The lowest BCUT2D eigenvalue weighted by molar-refractivity contribution is 0.149. The van der Waals surface area contributed by atoms with Crippen LogP contribution in [0, 0.1) is 5.41 Å². The summed E-state index contributed by atoms with van der Waals surface area (Å²) < 4.78 is 12.6. The van der Waals surface area contributed by atoms with Gasteiger partial charge in [0.15, 0.2) is 5.69 Å². The Hall–Kier alpha value is -3.17. The summed E-state index contributed by atoms with van der Waals surface area (Å²) in [6, 6.07) is 5.56. The fourth-order valence-electron chi connectivity index (χ4n) is 2.40. The zero-order valence-corrected chi connectivity index (χ0v) is 14.1. The second-order valence-electron chi connectivity index (χ2n) is 5.41. The molecule has 0 bridgehead atoms. The van der Waals surface area contributed by atoms with E-state index in [4.69, 9.17) is 31.5 Å². The SMILES string of the molecule is N=C1C=C(N)C(OCCO)=CC1=Nc1c(OCCN)nn2ccccc12. The number of ether oxygens (including phenoxy) is 2.